The lowest BCUT2D eigenvalue weighted by Crippen LogP contribution is -2.43. The van der Waals surface area contributed by atoms with Crippen LogP contribution in [-0.4, -0.2) is 64.4 Å². The average Bonchev–Trinajstić information content (AvgIpc) is 3.34. The summed E-state index contributed by atoms with van der Waals surface area (Å²) in [4.78, 5) is 14.8. The third kappa shape index (κ3) is 8.93. The number of β-amino-alcohol motifs (C(OH)–C–C–N with tert-alkyl or cyclic N) is 1. The molecule has 1 fully saturated rings. The Morgan fingerprint density at radius 3 is 2.60 bits per heavy atom. The first kappa shape index (κ1) is 27.1. The topological polar surface area (TPSA) is 105 Å². The number of likely N-dealkylation sites (tertiary alicyclic amines) is 1. The zero-order chi connectivity index (χ0) is 25.3. The van der Waals surface area contributed by atoms with Crippen molar-refractivity contribution in [1.82, 2.24) is 15.5 Å². The number of rotatable bonds is 13. The van der Waals surface area contributed by atoms with Crippen LogP contribution in [0.3, 0.4) is 0 Å². The quantitative estimate of drug-likeness (QED) is 0.281. The van der Waals surface area contributed by atoms with E-state index in [9.17, 15) is 20.1 Å². The largest absolute Gasteiger partial charge is 0.508 e. The molecule has 2 aromatic carbocycles. The molecule has 5 N–H and O–H groups in total. The van der Waals surface area contributed by atoms with Crippen molar-refractivity contribution in [2.45, 2.75) is 64.2 Å². The van der Waals surface area contributed by atoms with Gasteiger partial charge in [0.1, 0.15) is 5.75 Å². The van der Waals surface area contributed by atoms with Crippen LogP contribution in [0, 0.1) is 0 Å². The fourth-order valence-corrected chi connectivity index (χ4v) is 4.64. The van der Waals surface area contributed by atoms with E-state index in [1.807, 2.05) is 12.1 Å². The fraction of sp³-hybridized carbons (Fsp3) is 0.536. The van der Waals surface area contributed by atoms with Crippen LogP contribution in [0.1, 0.15) is 61.5 Å². The minimum Gasteiger partial charge on any atom is -0.508 e. The number of amides is 1. The number of hydrogen-bond acceptors (Lipinski definition) is 6. The van der Waals surface area contributed by atoms with E-state index in [0.29, 0.717) is 24.1 Å². The number of aromatic hydroxyl groups is 1. The van der Waals surface area contributed by atoms with E-state index < -0.39 is 6.10 Å². The zero-order valence-electron chi connectivity index (χ0n) is 21.1. The molecule has 0 bridgehead atoms. The smallest absolute Gasteiger partial charge is 0.224 e. The molecule has 1 aliphatic heterocycles. The Balaban J connectivity index is 1.45. The van der Waals surface area contributed by atoms with Crippen molar-refractivity contribution in [3.05, 3.63) is 64.7 Å². The molecule has 0 aromatic heterocycles. The highest BCUT2D eigenvalue weighted by Gasteiger charge is 2.21. The number of nitrogens with zero attached hydrogens (tertiary/aromatic N) is 1. The van der Waals surface area contributed by atoms with Crippen LogP contribution in [0.15, 0.2) is 42.5 Å². The van der Waals surface area contributed by atoms with Gasteiger partial charge in [-0.3, -0.25) is 4.79 Å². The molecule has 7 nitrogen and oxygen atoms in total. The van der Waals surface area contributed by atoms with E-state index >= 15 is 0 Å². The van der Waals surface area contributed by atoms with Gasteiger partial charge in [0, 0.05) is 24.2 Å². The van der Waals surface area contributed by atoms with Gasteiger partial charge in [-0.15, -0.1) is 0 Å². The van der Waals surface area contributed by atoms with Gasteiger partial charge in [0.05, 0.1) is 19.1 Å². The highest BCUT2D eigenvalue weighted by molar-refractivity contribution is 5.78. The second kappa shape index (κ2) is 13.0. The average molecular weight is 484 g/mol. The van der Waals surface area contributed by atoms with E-state index in [4.69, 9.17) is 0 Å². The monoisotopic (exact) mass is 483 g/mol. The molecule has 1 saturated heterocycles. The van der Waals surface area contributed by atoms with Crippen LogP contribution in [0.2, 0.25) is 0 Å². The van der Waals surface area contributed by atoms with Gasteiger partial charge in [0.25, 0.3) is 0 Å². The first-order chi connectivity index (χ1) is 16.8. The van der Waals surface area contributed by atoms with Crippen LogP contribution in [0.25, 0.3) is 0 Å². The van der Waals surface area contributed by atoms with Crippen molar-refractivity contribution < 1.29 is 20.1 Å². The first-order valence-electron chi connectivity index (χ1n) is 12.7. The van der Waals surface area contributed by atoms with Crippen LogP contribution in [0.5, 0.6) is 5.75 Å². The van der Waals surface area contributed by atoms with E-state index in [-0.39, 0.29) is 23.8 Å². The van der Waals surface area contributed by atoms with Crippen molar-refractivity contribution in [3.8, 4) is 5.75 Å². The summed E-state index contributed by atoms with van der Waals surface area (Å²) < 4.78 is 0. The van der Waals surface area contributed by atoms with Crippen LogP contribution in [0.4, 0.5) is 0 Å². The lowest BCUT2D eigenvalue weighted by Gasteiger charge is -2.28. The Morgan fingerprint density at radius 2 is 1.86 bits per heavy atom. The van der Waals surface area contributed by atoms with Crippen LogP contribution >= 0.6 is 0 Å². The van der Waals surface area contributed by atoms with E-state index in [2.05, 4.69) is 41.5 Å². The van der Waals surface area contributed by atoms with Gasteiger partial charge in [0.15, 0.2) is 0 Å². The molecule has 0 unspecified atom stereocenters. The SMILES string of the molecule is CC(C)(Cc1cccc(CC(=O)NCCCN2CCCC2)c1)NC[C@@H](O)c1ccc(O)c(CO)c1. The summed E-state index contributed by atoms with van der Waals surface area (Å²) in [6, 6.07) is 12.9. The van der Waals surface area contributed by atoms with Gasteiger partial charge in [-0.25, -0.2) is 0 Å². The normalized spacial score (nSPS) is 15.3. The van der Waals surface area contributed by atoms with Gasteiger partial charge < -0.3 is 30.9 Å². The van der Waals surface area contributed by atoms with Gasteiger partial charge in [0.2, 0.25) is 5.91 Å². The maximum atomic E-state index is 12.4. The molecule has 2 aromatic rings. The summed E-state index contributed by atoms with van der Waals surface area (Å²) in [5.74, 6) is 0.0765. The van der Waals surface area contributed by atoms with Gasteiger partial charge in [-0.1, -0.05) is 30.3 Å². The Hall–Kier alpha value is -2.45. The third-order valence-electron chi connectivity index (χ3n) is 6.61. The van der Waals surface area contributed by atoms with Gasteiger partial charge >= 0.3 is 0 Å². The van der Waals surface area contributed by atoms with E-state index in [1.54, 1.807) is 12.1 Å². The van der Waals surface area contributed by atoms with Gasteiger partial charge in [-0.2, -0.15) is 0 Å². The molecule has 0 radical (unpaired) electrons. The molecular weight excluding hydrogens is 442 g/mol. The number of aliphatic hydroxyl groups excluding tert-OH is 2. The minimum absolute atomic E-state index is 0.0207. The van der Waals surface area contributed by atoms with E-state index in [0.717, 1.165) is 37.1 Å². The van der Waals surface area contributed by atoms with Crippen molar-refractivity contribution in [1.29, 1.82) is 0 Å². The molecule has 3 rings (SSSR count). The number of aliphatic hydroxyl groups is 2. The Morgan fingerprint density at radius 1 is 1.11 bits per heavy atom. The van der Waals surface area contributed by atoms with E-state index in [1.165, 1.54) is 32.0 Å². The molecule has 1 atom stereocenters. The van der Waals surface area contributed by atoms with Crippen molar-refractivity contribution in [2.24, 2.45) is 0 Å². The highest BCUT2D eigenvalue weighted by Crippen LogP contribution is 2.23. The summed E-state index contributed by atoms with van der Waals surface area (Å²) in [5, 5.41) is 36.1. The molecular formula is C28H41N3O4. The van der Waals surface area contributed by atoms with Crippen molar-refractivity contribution in [3.63, 3.8) is 0 Å². The molecule has 0 aliphatic carbocycles. The van der Waals surface area contributed by atoms with Gasteiger partial charge in [-0.05, 0) is 88.0 Å². The maximum Gasteiger partial charge on any atom is 0.224 e. The van der Waals surface area contributed by atoms with Crippen molar-refractivity contribution >= 4 is 5.91 Å². The minimum atomic E-state index is -0.763. The number of hydrogen-bond donors (Lipinski definition) is 5. The van der Waals surface area contributed by atoms with Crippen molar-refractivity contribution in [2.75, 3.05) is 32.7 Å². The Labute approximate surface area is 209 Å². The lowest BCUT2D eigenvalue weighted by molar-refractivity contribution is -0.120. The predicted molar refractivity (Wildman–Crippen MR) is 138 cm³/mol. The molecule has 35 heavy (non-hydrogen) atoms. The molecule has 1 heterocycles. The summed E-state index contributed by atoms with van der Waals surface area (Å²) in [7, 11) is 0. The molecule has 192 valence electrons. The Bertz CT molecular complexity index is 957. The molecule has 7 heteroatoms. The van der Waals surface area contributed by atoms with Crippen LogP contribution in [-0.2, 0) is 24.2 Å². The second-order valence-corrected chi connectivity index (χ2v) is 10.3. The summed E-state index contributed by atoms with van der Waals surface area (Å²) >= 11 is 0. The number of benzene rings is 2. The summed E-state index contributed by atoms with van der Waals surface area (Å²) in [6.07, 6.45) is 3.92. The lowest BCUT2D eigenvalue weighted by atomic mass is 9.93. The zero-order valence-corrected chi connectivity index (χ0v) is 21.1. The predicted octanol–water partition coefficient (Wildman–Crippen LogP) is 2.67. The standard InChI is InChI=1S/C28H41N3O4/c1-28(2,30-19-26(34)23-9-10-25(33)24(17-23)20-32)18-22-8-5-7-21(15-22)16-27(35)29-11-6-14-31-12-3-4-13-31/h5,7-10,15,17,26,30,32-34H,3-4,6,11-14,16,18-20H2,1-2H3,(H,29,35)/t26-/m1/s1. The molecule has 0 spiro atoms. The Kier molecular flexibility index (Phi) is 10.1. The first-order valence-corrected chi connectivity index (χ1v) is 12.7. The fourth-order valence-electron chi connectivity index (χ4n) is 4.64. The molecule has 1 amide bonds. The highest BCUT2D eigenvalue weighted by atomic mass is 16.3. The molecule has 1 aliphatic rings. The van der Waals surface area contributed by atoms with Crippen LogP contribution < -0.4 is 10.6 Å². The summed E-state index contributed by atoms with van der Waals surface area (Å²) in [5.41, 5.74) is 2.88. The number of carbonyl (C=O) groups excluding carboxylic acids is 1. The molecule has 0 saturated carbocycles. The number of carbonyl (C=O) groups is 1. The maximum absolute atomic E-state index is 12.4. The third-order valence-corrected chi connectivity index (χ3v) is 6.61. The summed E-state index contributed by atoms with van der Waals surface area (Å²) in [6.45, 7) is 8.36. The second-order valence-electron chi connectivity index (χ2n) is 10.3. The number of phenols is 1. The number of nitrogens with one attached hydrogen (secondary N) is 2.